The molecule has 0 spiro atoms. The lowest BCUT2D eigenvalue weighted by molar-refractivity contribution is 0.104. The maximum Gasteiger partial charge on any atom is 0.187 e. The van der Waals surface area contributed by atoms with Crippen LogP contribution in [0.1, 0.15) is 22.8 Å². The number of methoxy groups -OCH3 is 1. The highest BCUT2D eigenvalue weighted by molar-refractivity contribution is 9.10. The number of ether oxygens (including phenoxy) is 2. The fraction of sp³-hybridized carbons (Fsp3) is 0.176. The van der Waals surface area contributed by atoms with E-state index in [0.717, 1.165) is 10.0 Å². The molecule has 1 heterocycles. The van der Waals surface area contributed by atoms with Crippen LogP contribution in [0.15, 0.2) is 47.2 Å². The van der Waals surface area contributed by atoms with E-state index < -0.39 is 0 Å². The molecule has 0 aliphatic rings. The average molecular weight is 362 g/mol. The summed E-state index contributed by atoms with van der Waals surface area (Å²) in [5.41, 5.74) is 1.39. The Kier molecular flexibility index (Phi) is 5.72. The van der Waals surface area contributed by atoms with Crippen LogP contribution < -0.4 is 9.47 Å². The summed E-state index contributed by atoms with van der Waals surface area (Å²) in [7, 11) is 1.59. The topological polar surface area (TPSA) is 48.4 Å². The predicted octanol–water partition coefficient (Wildman–Crippen LogP) is 4.15. The first kappa shape index (κ1) is 16.2. The maximum absolute atomic E-state index is 12.0. The van der Waals surface area contributed by atoms with Gasteiger partial charge in [-0.1, -0.05) is 6.08 Å². The third kappa shape index (κ3) is 3.95. The van der Waals surface area contributed by atoms with Gasteiger partial charge in [-0.05, 0) is 58.8 Å². The number of carbonyl (C=O) groups excluding carboxylic acids is 1. The zero-order chi connectivity index (χ0) is 15.9. The van der Waals surface area contributed by atoms with Gasteiger partial charge in [0.1, 0.15) is 0 Å². The molecular formula is C17H16BrNO3. The summed E-state index contributed by atoms with van der Waals surface area (Å²) in [5, 5.41) is 0. The summed E-state index contributed by atoms with van der Waals surface area (Å²) >= 11 is 3.45. The Morgan fingerprint density at radius 3 is 2.86 bits per heavy atom. The van der Waals surface area contributed by atoms with E-state index in [4.69, 9.17) is 9.47 Å². The third-order valence-corrected chi connectivity index (χ3v) is 3.50. The highest BCUT2D eigenvalue weighted by Crippen LogP contribution is 2.36. The minimum atomic E-state index is -0.0991. The molecule has 0 saturated carbocycles. The Balaban J connectivity index is 2.26. The van der Waals surface area contributed by atoms with Gasteiger partial charge in [0.25, 0.3) is 0 Å². The SMILES string of the molecule is CCOc1cc(C=CC(=O)c2cccnc2)cc(Br)c1OC. The second-order valence-corrected chi connectivity index (χ2v) is 5.26. The lowest BCUT2D eigenvalue weighted by Gasteiger charge is -2.12. The quantitative estimate of drug-likeness (QED) is 0.572. The van der Waals surface area contributed by atoms with E-state index in [1.54, 1.807) is 37.7 Å². The zero-order valence-electron chi connectivity index (χ0n) is 12.4. The number of nitrogens with zero attached hydrogens (tertiary/aromatic N) is 1. The van der Waals surface area contributed by atoms with E-state index in [-0.39, 0.29) is 5.78 Å². The average Bonchev–Trinajstić information content (AvgIpc) is 2.53. The highest BCUT2D eigenvalue weighted by atomic mass is 79.9. The van der Waals surface area contributed by atoms with Crippen molar-refractivity contribution in [1.82, 2.24) is 4.98 Å². The van der Waals surface area contributed by atoms with Crippen LogP contribution in [0, 0.1) is 0 Å². The molecule has 0 saturated heterocycles. The molecule has 0 unspecified atom stereocenters. The second-order valence-electron chi connectivity index (χ2n) is 4.41. The molecular weight excluding hydrogens is 346 g/mol. The molecule has 0 aliphatic carbocycles. The van der Waals surface area contributed by atoms with E-state index in [1.165, 1.54) is 6.08 Å². The fourth-order valence-corrected chi connectivity index (χ4v) is 2.54. The van der Waals surface area contributed by atoms with Gasteiger partial charge < -0.3 is 9.47 Å². The van der Waals surface area contributed by atoms with Crippen molar-refractivity contribution in [3.8, 4) is 11.5 Å². The molecule has 1 aromatic heterocycles. The first-order valence-electron chi connectivity index (χ1n) is 6.78. The number of rotatable bonds is 6. The molecule has 0 fully saturated rings. The van der Waals surface area contributed by atoms with Crippen molar-refractivity contribution in [2.45, 2.75) is 6.92 Å². The number of halogens is 1. The molecule has 22 heavy (non-hydrogen) atoms. The van der Waals surface area contributed by atoms with Crippen molar-refractivity contribution in [3.63, 3.8) is 0 Å². The molecule has 2 rings (SSSR count). The Hall–Kier alpha value is -2.14. The molecule has 0 bridgehead atoms. The number of allylic oxidation sites excluding steroid dienone is 1. The lowest BCUT2D eigenvalue weighted by atomic mass is 10.1. The summed E-state index contributed by atoms with van der Waals surface area (Å²) in [4.78, 5) is 16.0. The van der Waals surface area contributed by atoms with Crippen molar-refractivity contribution in [2.75, 3.05) is 13.7 Å². The van der Waals surface area contributed by atoms with Gasteiger partial charge in [0.15, 0.2) is 17.3 Å². The summed E-state index contributed by atoms with van der Waals surface area (Å²) in [6.45, 7) is 2.44. The van der Waals surface area contributed by atoms with Gasteiger partial charge in [-0.3, -0.25) is 9.78 Å². The van der Waals surface area contributed by atoms with E-state index in [1.807, 2.05) is 19.1 Å². The predicted molar refractivity (Wildman–Crippen MR) is 89.5 cm³/mol. The van der Waals surface area contributed by atoms with Gasteiger partial charge in [-0.2, -0.15) is 0 Å². The van der Waals surface area contributed by atoms with Gasteiger partial charge in [-0.15, -0.1) is 0 Å². The number of ketones is 1. The van der Waals surface area contributed by atoms with Crippen LogP contribution in [0.4, 0.5) is 0 Å². The van der Waals surface area contributed by atoms with E-state index in [2.05, 4.69) is 20.9 Å². The van der Waals surface area contributed by atoms with E-state index in [9.17, 15) is 4.79 Å². The molecule has 0 aliphatic heterocycles. The lowest BCUT2D eigenvalue weighted by Crippen LogP contribution is -1.97. The van der Waals surface area contributed by atoms with E-state index in [0.29, 0.717) is 23.7 Å². The molecule has 5 heteroatoms. The van der Waals surface area contributed by atoms with Crippen LogP contribution in [0.5, 0.6) is 11.5 Å². The molecule has 4 nitrogen and oxygen atoms in total. The molecule has 114 valence electrons. The van der Waals surface area contributed by atoms with E-state index >= 15 is 0 Å². The van der Waals surface area contributed by atoms with Crippen LogP contribution in [-0.2, 0) is 0 Å². The number of benzene rings is 1. The van der Waals surface area contributed by atoms with Crippen molar-refractivity contribution in [2.24, 2.45) is 0 Å². The van der Waals surface area contributed by atoms with Crippen molar-refractivity contribution in [1.29, 1.82) is 0 Å². The second kappa shape index (κ2) is 7.75. The normalized spacial score (nSPS) is 10.7. The monoisotopic (exact) mass is 361 g/mol. The minimum Gasteiger partial charge on any atom is -0.492 e. The summed E-state index contributed by atoms with van der Waals surface area (Å²) in [6, 6.07) is 7.17. The largest absolute Gasteiger partial charge is 0.492 e. The van der Waals surface area contributed by atoms with Gasteiger partial charge in [-0.25, -0.2) is 0 Å². The maximum atomic E-state index is 12.0. The molecule has 1 aromatic carbocycles. The first-order valence-corrected chi connectivity index (χ1v) is 7.57. The fourth-order valence-electron chi connectivity index (χ4n) is 1.92. The molecule has 0 amide bonds. The number of hydrogen-bond donors (Lipinski definition) is 0. The highest BCUT2D eigenvalue weighted by Gasteiger charge is 2.10. The number of aromatic nitrogens is 1. The Morgan fingerprint density at radius 1 is 1.41 bits per heavy atom. The van der Waals surface area contributed by atoms with Gasteiger partial charge in [0.05, 0.1) is 18.2 Å². The Morgan fingerprint density at radius 2 is 2.23 bits per heavy atom. The van der Waals surface area contributed by atoms with Crippen LogP contribution in [0.25, 0.3) is 6.08 Å². The third-order valence-electron chi connectivity index (χ3n) is 2.91. The minimum absolute atomic E-state index is 0.0991. The molecule has 0 radical (unpaired) electrons. The van der Waals surface area contributed by atoms with Crippen molar-refractivity contribution >= 4 is 27.8 Å². The summed E-state index contributed by atoms with van der Waals surface area (Å²) < 4.78 is 11.6. The first-order chi connectivity index (χ1) is 10.7. The van der Waals surface area contributed by atoms with Crippen LogP contribution in [0.3, 0.4) is 0 Å². The smallest absolute Gasteiger partial charge is 0.187 e. The molecule has 0 N–H and O–H groups in total. The number of hydrogen-bond acceptors (Lipinski definition) is 4. The van der Waals surface area contributed by atoms with Gasteiger partial charge in [0, 0.05) is 18.0 Å². The van der Waals surface area contributed by atoms with Crippen molar-refractivity contribution in [3.05, 3.63) is 58.3 Å². The van der Waals surface area contributed by atoms with Gasteiger partial charge >= 0.3 is 0 Å². The van der Waals surface area contributed by atoms with Crippen molar-refractivity contribution < 1.29 is 14.3 Å². The molecule has 0 atom stereocenters. The number of carbonyl (C=O) groups is 1. The summed E-state index contributed by atoms with van der Waals surface area (Å²) in [6.07, 6.45) is 6.43. The molecule has 2 aromatic rings. The summed E-state index contributed by atoms with van der Waals surface area (Å²) in [5.74, 6) is 1.17. The Labute approximate surface area is 137 Å². The van der Waals surface area contributed by atoms with Crippen LogP contribution in [-0.4, -0.2) is 24.5 Å². The Bertz CT molecular complexity index is 684. The zero-order valence-corrected chi connectivity index (χ0v) is 14.0. The number of pyridine rings is 1. The van der Waals surface area contributed by atoms with Gasteiger partial charge in [0.2, 0.25) is 0 Å². The van der Waals surface area contributed by atoms with Crippen LogP contribution in [0.2, 0.25) is 0 Å². The van der Waals surface area contributed by atoms with Crippen LogP contribution >= 0.6 is 15.9 Å². The standard InChI is InChI=1S/C17H16BrNO3/c1-3-22-16-10-12(9-14(18)17(16)21-2)6-7-15(20)13-5-4-8-19-11-13/h4-11H,3H2,1-2H3.